The first-order valence-corrected chi connectivity index (χ1v) is 9.00. The lowest BCUT2D eigenvalue weighted by atomic mass is 10.1. The van der Waals surface area contributed by atoms with Crippen molar-refractivity contribution < 1.29 is 19.1 Å². The Kier molecular flexibility index (Phi) is 5.99. The maximum Gasteiger partial charge on any atom is 0.342 e. The number of ether oxygens (including phenoxy) is 1. The van der Waals surface area contributed by atoms with E-state index in [4.69, 9.17) is 4.74 Å². The summed E-state index contributed by atoms with van der Waals surface area (Å²) >= 11 is 1.33. The van der Waals surface area contributed by atoms with Gasteiger partial charge in [-0.25, -0.2) is 4.79 Å². The van der Waals surface area contributed by atoms with E-state index in [0.29, 0.717) is 10.6 Å². The second-order valence-corrected chi connectivity index (χ2v) is 7.43. The van der Waals surface area contributed by atoms with Crippen molar-refractivity contribution >= 4 is 34.1 Å². The minimum Gasteiger partial charge on any atom is -0.449 e. The highest BCUT2D eigenvalue weighted by molar-refractivity contribution is 7.16. The van der Waals surface area contributed by atoms with Gasteiger partial charge in [-0.15, -0.1) is 11.3 Å². The molecular formula is C17H24N2O4S. The maximum absolute atomic E-state index is 12.5. The number of rotatable bonds is 5. The monoisotopic (exact) mass is 352 g/mol. The Balaban J connectivity index is 2.05. The van der Waals surface area contributed by atoms with Crippen LogP contribution in [0.5, 0.6) is 0 Å². The van der Waals surface area contributed by atoms with Crippen molar-refractivity contribution in [2.24, 2.45) is 0 Å². The van der Waals surface area contributed by atoms with Crippen molar-refractivity contribution in [3.63, 3.8) is 0 Å². The minimum absolute atomic E-state index is 0.179. The predicted octanol–water partition coefficient (Wildman–Crippen LogP) is 2.93. The third kappa shape index (κ3) is 4.35. The van der Waals surface area contributed by atoms with Gasteiger partial charge in [0.25, 0.3) is 5.91 Å². The molecule has 6 nitrogen and oxygen atoms in total. The Labute approximate surface area is 146 Å². The van der Waals surface area contributed by atoms with E-state index in [0.717, 1.165) is 36.1 Å². The van der Waals surface area contributed by atoms with Gasteiger partial charge in [-0.3, -0.25) is 9.59 Å². The van der Waals surface area contributed by atoms with Crippen LogP contribution in [0.15, 0.2) is 0 Å². The Morgan fingerprint density at radius 1 is 1.21 bits per heavy atom. The molecule has 0 aromatic carbocycles. The van der Waals surface area contributed by atoms with Crippen LogP contribution in [0.3, 0.4) is 0 Å². The molecule has 0 spiro atoms. The van der Waals surface area contributed by atoms with Crippen LogP contribution in [0.2, 0.25) is 0 Å². The van der Waals surface area contributed by atoms with Crippen LogP contribution in [0.4, 0.5) is 5.00 Å². The SMILES string of the molecule is CC(=O)Nc1sc(C)c(C)c1C(=O)OC(C)C(=O)NC1CCCC1. The fourth-order valence-corrected chi connectivity index (χ4v) is 3.88. The van der Waals surface area contributed by atoms with Gasteiger partial charge < -0.3 is 15.4 Å². The second kappa shape index (κ2) is 7.79. The normalized spacial score (nSPS) is 15.8. The molecule has 1 saturated carbocycles. The number of thiophene rings is 1. The zero-order chi connectivity index (χ0) is 17.9. The van der Waals surface area contributed by atoms with Crippen molar-refractivity contribution in [1.82, 2.24) is 5.32 Å². The first-order valence-electron chi connectivity index (χ1n) is 8.18. The molecule has 0 radical (unpaired) electrons. The van der Waals surface area contributed by atoms with E-state index in [1.54, 1.807) is 13.8 Å². The molecule has 1 aliphatic rings. The molecule has 1 aliphatic carbocycles. The first kappa shape index (κ1) is 18.4. The van der Waals surface area contributed by atoms with Gasteiger partial charge in [-0.2, -0.15) is 0 Å². The summed E-state index contributed by atoms with van der Waals surface area (Å²) in [6, 6.07) is 0.179. The van der Waals surface area contributed by atoms with Gasteiger partial charge in [0.15, 0.2) is 6.10 Å². The Morgan fingerprint density at radius 2 is 1.83 bits per heavy atom. The first-order chi connectivity index (χ1) is 11.3. The number of hydrogen-bond donors (Lipinski definition) is 2. The summed E-state index contributed by atoms with van der Waals surface area (Å²) in [4.78, 5) is 36.9. The summed E-state index contributed by atoms with van der Waals surface area (Å²) in [5, 5.41) is 6.04. The number of amides is 2. The molecule has 1 unspecified atom stereocenters. The highest BCUT2D eigenvalue weighted by atomic mass is 32.1. The number of nitrogens with one attached hydrogen (secondary N) is 2. The molecule has 7 heteroatoms. The summed E-state index contributed by atoms with van der Waals surface area (Å²) in [6.45, 7) is 6.63. The lowest BCUT2D eigenvalue weighted by molar-refractivity contribution is -0.129. The average molecular weight is 352 g/mol. The molecular weight excluding hydrogens is 328 g/mol. The molecule has 132 valence electrons. The number of carbonyl (C=O) groups is 3. The number of carbonyl (C=O) groups excluding carboxylic acids is 3. The van der Waals surface area contributed by atoms with Gasteiger partial charge in [-0.1, -0.05) is 12.8 Å². The summed E-state index contributed by atoms with van der Waals surface area (Å²) in [6.07, 6.45) is 3.31. The molecule has 24 heavy (non-hydrogen) atoms. The lowest BCUT2D eigenvalue weighted by Gasteiger charge is -2.17. The Hall–Kier alpha value is -1.89. The van der Waals surface area contributed by atoms with Crippen molar-refractivity contribution in [2.75, 3.05) is 5.32 Å². The average Bonchev–Trinajstić information content (AvgIpc) is 3.07. The topological polar surface area (TPSA) is 84.5 Å². The number of aryl methyl sites for hydroxylation is 1. The highest BCUT2D eigenvalue weighted by Crippen LogP contribution is 2.33. The van der Waals surface area contributed by atoms with E-state index >= 15 is 0 Å². The number of esters is 1. The molecule has 2 rings (SSSR count). The van der Waals surface area contributed by atoms with Crippen LogP contribution in [-0.4, -0.2) is 29.9 Å². The van der Waals surface area contributed by atoms with Crippen LogP contribution >= 0.6 is 11.3 Å². The molecule has 0 aliphatic heterocycles. The van der Waals surface area contributed by atoms with Crippen LogP contribution in [0.1, 0.15) is 60.3 Å². The summed E-state index contributed by atoms with van der Waals surface area (Å²) in [5.41, 5.74) is 1.09. The van der Waals surface area contributed by atoms with Gasteiger partial charge in [0.05, 0.1) is 5.56 Å². The third-order valence-electron chi connectivity index (χ3n) is 4.23. The number of anilines is 1. The van der Waals surface area contributed by atoms with Crippen LogP contribution in [-0.2, 0) is 14.3 Å². The quantitative estimate of drug-likeness (QED) is 0.798. The molecule has 1 atom stereocenters. The summed E-state index contributed by atoms with van der Waals surface area (Å²) in [7, 11) is 0. The van der Waals surface area contributed by atoms with E-state index in [1.807, 2.05) is 6.92 Å². The summed E-state index contributed by atoms with van der Waals surface area (Å²) in [5.74, 6) is -1.12. The molecule has 2 N–H and O–H groups in total. The molecule has 1 heterocycles. The van der Waals surface area contributed by atoms with Crippen LogP contribution in [0, 0.1) is 13.8 Å². The zero-order valence-electron chi connectivity index (χ0n) is 14.5. The molecule has 1 fully saturated rings. The van der Waals surface area contributed by atoms with E-state index < -0.39 is 12.1 Å². The van der Waals surface area contributed by atoms with Crippen molar-refractivity contribution in [2.45, 2.75) is 65.5 Å². The molecule has 0 bridgehead atoms. The van der Waals surface area contributed by atoms with Crippen molar-refractivity contribution in [1.29, 1.82) is 0 Å². The van der Waals surface area contributed by atoms with E-state index in [1.165, 1.54) is 18.3 Å². The van der Waals surface area contributed by atoms with Gasteiger partial charge >= 0.3 is 5.97 Å². The van der Waals surface area contributed by atoms with E-state index in [9.17, 15) is 14.4 Å². The standard InChI is InChI=1S/C17H24N2O4S/c1-9-11(3)24-16(18-12(4)20)14(9)17(22)23-10(2)15(21)19-13-7-5-6-8-13/h10,13H,5-8H2,1-4H3,(H,18,20)(H,19,21). The maximum atomic E-state index is 12.5. The third-order valence-corrected chi connectivity index (χ3v) is 5.36. The molecule has 1 aromatic rings. The fraction of sp³-hybridized carbons (Fsp3) is 0.588. The van der Waals surface area contributed by atoms with Gasteiger partial charge in [0, 0.05) is 17.8 Å². The summed E-state index contributed by atoms with van der Waals surface area (Å²) < 4.78 is 5.33. The van der Waals surface area contributed by atoms with Crippen LogP contribution < -0.4 is 10.6 Å². The molecule has 2 amide bonds. The van der Waals surface area contributed by atoms with Crippen molar-refractivity contribution in [3.8, 4) is 0 Å². The van der Waals surface area contributed by atoms with Gasteiger partial charge in [0.1, 0.15) is 5.00 Å². The Morgan fingerprint density at radius 3 is 2.42 bits per heavy atom. The fourth-order valence-electron chi connectivity index (χ4n) is 2.78. The molecule has 0 saturated heterocycles. The number of hydrogen-bond acceptors (Lipinski definition) is 5. The highest BCUT2D eigenvalue weighted by Gasteiger charge is 2.27. The Bertz CT molecular complexity index is 647. The van der Waals surface area contributed by atoms with Gasteiger partial charge in [0.2, 0.25) is 5.91 Å². The van der Waals surface area contributed by atoms with E-state index in [2.05, 4.69) is 10.6 Å². The smallest absolute Gasteiger partial charge is 0.342 e. The van der Waals surface area contributed by atoms with Crippen molar-refractivity contribution in [3.05, 3.63) is 16.0 Å². The zero-order valence-corrected chi connectivity index (χ0v) is 15.3. The molecule has 1 aromatic heterocycles. The van der Waals surface area contributed by atoms with Crippen LogP contribution in [0.25, 0.3) is 0 Å². The van der Waals surface area contributed by atoms with E-state index in [-0.39, 0.29) is 17.9 Å². The largest absolute Gasteiger partial charge is 0.449 e. The second-order valence-electron chi connectivity index (χ2n) is 6.21. The minimum atomic E-state index is -0.872. The predicted molar refractivity (Wildman–Crippen MR) is 93.4 cm³/mol. The lowest BCUT2D eigenvalue weighted by Crippen LogP contribution is -2.40. The van der Waals surface area contributed by atoms with Gasteiger partial charge in [-0.05, 0) is 39.2 Å².